The van der Waals surface area contributed by atoms with Crippen LogP contribution in [0.15, 0.2) is 24.3 Å². The van der Waals surface area contributed by atoms with E-state index in [1.165, 1.54) is 11.1 Å². The second-order valence-electron chi connectivity index (χ2n) is 5.77. The van der Waals surface area contributed by atoms with Gasteiger partial charge in [-0.25, -0.2) is 0 Å². The Hall–Kier alpha value is -0.860. The van der Waals surface area contributed by atoms with Gasteiger partial charge in [-0.1, -0.05) is 45.0 Å². The first-order valence-electron chi connectivity index (χ1n) is 6.91. The highest BCUT2D eigenvalue weighted by atomic mass is 16.3. The molecule has 2 N–H and O–H groups in total. The molecule has 0 spiro atoms. The maximum absolute atomic E-state index is 9.97. The SMILES string of the molecule is CCC(C)(O)CNC(C)c1ccc(C(C)C)cc1. The van der Waals surface area contributed by atoms with Crippen LogP contribution in [0.5, 0.6) is 0 Å². The van der Waals surface area contributed by atoms with Gasteiger partial charge in [0.2, 0.25) is 0 Å². The lowest BCUT2D eigenvalue weighted by Gasteiger charge is -2.25. The summed E-state index contributed by atoms with van der Waals surface area (Å²) in [6.45, 7) is 11.0. The molecule has 1 aromatic rings. The van der Waals surface area contributed by atoms with E-state index in [0.29, 0.717) is 12.5 Å². The van der Waals surface area contributed by atoms with Crippen LogP contribution in [-0.4, -0.2) is 17.3 Å². The standard InChI is InChI=1S/C16H27NO/c1-6-16(5,18)11-17-13(4)15-9-7-14(8-10-15)12(2)3/h7-10,12-13,17-18H,6,11H2,1-5H3. The van der Waals surface area contributed by atoms with E-state index in [1.807, 2.05) is 13.8 Å². The largest absolute Gasteiger partial charge is 0.389 e. The first-order valence-corrected chi connectivity index (χ1v) is 6.91. The van der Waals surface area contributed by atoms with Crippen LogP contribution in [-0.2, 0) is 0 Å². The summed E-state index contributed by atoms with van der Waals surface area (Å²) < 4.78 is 0. The quantitative estimate of drug-likeness (QED) is 0.807. The Bertz CT molecular complexity index is 354. The summed E-state index contributed by atoms with van der Waals surface area (Å²) in [7, 11) is 0. The van der Waals surface area contributed by atoms with Crippen LogP contribution in [0.3, 0.4) is 0 Å². The van der Waals surface area contributed by atoms with Crippen LogP contribution in [0.25, 0.3) is 0 Å². The molecule has 0 aromatic heterocycles. The van der Waals surface area contributed by atoms with E-state index >= 15 is 0 Å². The highest BCUT2D eigenvalue weighted by molar-refractivity contribution is 5.26. The highest BCUT2D eigenvalue weighted by Gasteiger charge is 2.18. The van der Waals surface area contributed by atoms with Gasteiger partial charge in [0.1, 0.15) is 0 Å². The van der Waals surface area contributed by atoms with Gasteiger partial charge in [0.15, 0.2) is 0 Å². The van der Waals surface area contributed by atoms with Gasteiger partial charge < -0.3 is 10.4 Å². The lowest BCUT2D eigenvalue weighted by Crippen LogP contribution is -2.38. The summed E-state index contributed by atoms with van der Waals surface area (Å²) in [6, 6.07) is 9.00. The van der Waals surface area contributed by atoms with Crippen LogP contribution >= 0.6 is 0 Å². The topological polar surface area (TPSA) is 32.3 Å². The van der Waals surface area contributed by atoms with Crippen molar-refractivity contribution >= 4 is 0 Å². The van der Waals surface area contributed by atoms with Crippen molar-refractivity contribution in [2.24, 2.45) is 0 Å². The van der Waals surface area contributed by atoms with Crippen molar-refractivity contribution in [3.63, 3.8) is 0 Å². The zero-order valence-corrected chi connectivity index (χ0v) is 12.3. The maximum atomic E-state index is 9.97. The van der Waals surface area contributed by atoms with E-state index in [1.54, 1.807) is 0 Å². The fraction of sp³-hybridized carbons (Fsp3) is 0.625. The number of aliphatic hydroxyl groups is 1. The minimum Gasteiger partial charge on any atom is -0.389 e. The molecular formula is C16H27NO. The number of rotatable bonds is 6. The molecule has 2 atom stereocenters. The maximum Gasteiger partial charge on any atom is 0.0741 e. The number of nitrogens with one attached hydrogen (secondary N) is 1. The molecule has 0 heterocycles. The third-order valence-electron chi connectivity index (χ3n) is 3.65. The van der Waals surface area contributed by atoms with Crippen molar-refractivity contribution in [1.82, 2.24) is 5.32 Å². The molecule has 102 valence electrons. The van der Waals surface area contributed by atoms with Crippen molar-refractivity contribution in [3.05, 3.63) is 35.4 Å². The second-order valence-corrected chi connectivity index (χ2v) is 5.77. The lowest BCUT2D eigenvalue weighted by molar-refractivity contribution is 0.0533. The monoisotopic (exact) mass is 249 g/mol. The minimum absolute atomic E-state index is 0.268. The van der Waals surface area contributed by atoms with Crippen LogP contribution in [0, 0.1) is 0 Å². The normalized spacial score (nSPS) is 16.6. The van der Waals surface area contributed by atoms with E-state index in [4.69, 9.17) is 0 Å². The van der Waals surface area contributed by atoms with Gasteiger partial charge in [-0.05, 0) is 37.3 Å². The Kier molecular flexibility index (Phi) is 5.36. The third kappa shape index (κ3) is 4.43. The summed E-state index contributed by atoms with van der Waals surface area (Å²) in [5.41, 5.74) is 2.02. The third-order valence-corrected chi connectivity index (χ3v) is 3.65. The molecule has 2 unspecified atom stereocenters. The molecule has 0 amide bonds. The van der Waals surface area contributed by atoms with Gasteiger partial charge in [0.05, 0.1) is 5.60 Å². The molecule has 1 rings (SSSR count). The van der Waals surface area contributed by atoms with E-state index in [2.05, 4.69) is 50.4 Å². The Morgan fingerprint density at radius 2 is 1.61 bits per heavy atom. The summed E-state index contributed by atoms with van der Waals surface area (Å²) in [6.07, 6.45) is 0.763. The van der Waals surface area contributed by atoms with Crippen LogP contribution < -0.4 is 5.32 Å². The van der Waals surface area contributed by atoms with Gasteiger partial charge in [0.25, 0.3) is 0 Å². The number of benzene rings is 1. The summed E-state index contributed by atoms with van der Waals surface area (Å²) in [4.78, 5) is 0. The Labute approximate surface area is 111 Å². The Balaban J connectivity index is 2.59. The van der Waals surface area contributed by atoms with Crippen molar-refractivity contribution < 1.29 is 5.11 Å². The van der Waals surface area contributed by atoms with Gasteiger partial charge in [-0.3, -0.25) is 0 Å². The molecular weight excluding hydrogens is 222 g/mol. The molecule has 1 aromatic carbocycles. The number of hydrogen-bond acceptors (Lipinski definition) is 2. The molecule has 0 radical (unpaired) electrons. The molecule has 0 aliphatic carbocycles. The predicted molar refractivity (Wildman–Crippen MR) is 77.9 cm³/mol. The van der Waals surface area contributed by atoms with E-state index in [0.717, 1.165) is 6.42 Å². The molecule has 18 heavy (non-hydrogen) atoms. The zero-order chi connectivity index (χ0) is 13.8. The van der Waals surface area contributed by atoms with Gasteiger partial charge in [-0.15, -0.1) is 0 Å². The molecule has 2 heteroatoms. The fourth-order valence-corrected chi connectivity index (χ4v) is 1.79. The van der Waals surface area contributed by atoms with Crippen LogP contribution in [0.4, 0.5) is 0 Å². The average molecular weight is 249 g/mol. The van der Waals surface area contributed by atoms with Crippen molar-refractivity contribution in [3.8, 4) is 0 Å². The average Bonchev–Trinajstić information content (AvgIpc) is 2.36. The molecule has 0 aliphatic rings. The molecule has 0 aliphatic heterocycles. The number of hydrogen-bond donors (Lipinski definition) is 2. The first kappa shape index (κ1) is 15.2. The second kappa shape index (κ2) is 6.35. The van der Waals surface area contributed by atoms with Crippen molar-refractivity contribution in [2.45, 2.75) is 58.6 Å². The molecule has 0 saturated heterocycles. The smallest absolute Gasteiger partial charge is 0.0741 e. The van der Waals surface area contributed by atoms with E-state index in [-0.39, 0.29) is 6.04 Å². The fourth-order valence-electron chi connectivity index (χ4n) is 1.79. The summed E-state index contributed by atoms with van der Waals surface area (Å²) >= 11 is 0. The van der Waals surface area contributed by atoms with Gasteiger partial charge in [-0.2, -0.15) is 0 Å². The van der Waals surface area contributed by atoms with E-state index < -0.39 is 5.60 Å². The van der Waals surface area contributed by atoms with Gasteiger partial charge in [0, 0.05) is 12.6 Å². The Morgan fingerprint density at radius 1 is 1.11 bits per heavy atom. The first-order chi connectivity index (χ1) is 8.35. The van der Waals surface area contributed by atoms with Crippen LogP contribution in [0.2, 0.25) is 0 Å². The highest BCUT2D eigenvalue weighted by Crippen LogP contribution is 2.19. The summed E-state index contributed by atoms with van der Waals surface area (Å²) in [5, 5.41) is 13.4. The van der Waals surface area contributed by atoms with Crippen molar-refractivity contribution in [2.75, 3.05) is 6.54 Å². The van der Waals surface area contributed by atoms with Gasteiger partial charge >= 0.3 is 0 Å². The molecule has 0 saturated carbocycles. The lowest BCUT2D eigenvalue weighted by atomic mass is 9.98. The predicted octanol–water partition coefficient (Wildman–Crippen LogP) is 3.62. The van der Waals surface area contributed by atoms with Crippen molar-refractivity contribution in [1.29, 1.82) is 0 Å². The minimum atomic E-state index is -0.619. The Morgan fingerprint density at radius 3 is 2.06 bits per heavy atom. The molecule has 0 bridgehead atoms. The zero-order valence-electron chi connectivity index (χ0n) is 12.3. The molecule has 0 fully saturated rings. The van der Waals surface area contributed by atoms with E-state index in [9.17, 15) is 5.11 Å². The van der Waals surface area contributed by atoms with Crippen LogP contribution in [0.1, 0.15) is 64.1 Å². The molecule has 2 nitrogen and oxygen atoms in total. The summed E-state index contributed by atoms with van der Waals surface area (Å²) in [5.74, 6) is 0.572.